The third-order valence-corrected chi connectivity index (χ3v) is 4.13. The monoisotopic (exact) mass is 181 g/mol. The lowest BCUT2D eigenvalue weighted by atomic mass is 9.72. The van der Waals surface area contributed by atoms with E-state index in [-0.39, 0.29) is 0 Å². The van der Waals surface area contributed by atoms with Crippen LogP contribution in [0.3, 0.4) is 0 Å². The maximum Gasteiger partial charge on any atom is 0.00390 e. The standard InChI is InChI=1S/C12H23N/c13-12-8-6-11(7-9-12)10-4-2-1-3-5-10/h10-12H,1-9,13H2. The van der Waals surface area contributed by atoms with Crippen LogP contribution in [0.5, 0.6) is 0 Å². The molecule has 0 spiro atoms. The molecule has 0 unspecified atom stereocenters. The van der Waals surface area contributed by atoms with Gasteiger partial charge in [0, 0.05) is 6.04 Å². The normalized spacial score (nSPS) is 37.6. The van der Waals surface area contributed by atoms with E-state index in [1.54, 1.807) is 0 Å². The SMILES string of the molecule is NC1CCC(C2CCCCC2)CC1. The highest BCUT2D eigenvalue weighted by Crippen LogP contribution is 2.37. The van der Waals surface area contributed by atoms with Crippen molar-refractivity contribution in [3.8, 4) is 0 Å². The van der Waals surface area contributed by atoms with Crippen LogP contribution < -0.4 is 5.73 Å². The first-order valence-corrected chi connectivity index (χ1v) is 6.12. The van der Waals surface area contributed by atoms with E-state index in [4.69, 9.17) is 5.73 Å². The summed E-state index contributed by atoms with van der Waals surface area (Å²) in [5.74, 6) is 2.11. The van der Waals surface area contributed by atoms with Crippen molar-refractivity contribution in [2.24, 2.45) is 17.6 Å². The summed E-state index contributed by atoms with van der Waals surface area (Å²) in [5.41, 5.74) is 5.93. The van der Waals surface area contributed by atoms with Crippen LogP contribution in [0.2, 0.25) is 0 Å². The van der Waals surface area contributed by atoms with E-state index in [9.17, 15) is 0 Å². The third-order valence-electron chi connectivity index (χ3n) is 4.13. The molecule has 0 saturated heterocycles. The van der Waals surface area contributed by atoms with Gasteiger partial charge in [0.2, 0.25) is 0 Å². The van der Waals surface area contributed by atoms with E-state index < -0.39 is 0 Å². The Morgan fingerprint density at radius 2 is 1.15 bits per heavy atom. The Bertz CT molecular complexity index is 141. The zero-order chi connectivity index (χ0) is 9.10. The average molecular weight is 181 g/mol. The predicted octanol–water partition coefficient (Wildman–Crippen LogP) is 3.08. The van der Waals surface area contributed by atoms with Crippen LogP contribution in [-0.2, 0) is 0 Å². The van der Waals surface area contributed by atoms with Gasteiger partial charge >= 0.3 is 0 Å². The van der Waals surface area contributed by atoms with E-state index in [2.05, 4.69) is 0 Å². The fourth-order valence-corrected chi connectivity index (χ4v) is 3.22. The molecule has 0 amide bonds. The van der Waals surface area contributed by atoms with E-state index >= 15 is 0 Å². The Morgan fingerprint density at radius 3 is 1.77 bits per heavy atom. The lowest BCUT2D eigenvalue weighted by Gasteiger charge is -2.34. The first-order valence-electron chi connectivity index (χ1n) is 6.12. The van der Waals surface area contributed by atoms with Gasteiger partial charge < -0.3 is 5.73 Å². The molecule has 76 valence electrons. The van der Waals surface area contributed by atoms with Crippen LogP contribution in [0.1, 0.15) is 57.8 Å². The molecule has 0 aromatic rings. The van der Waals surface area contributed by atoms with E-state index in [0.717, 1.165) is 11.8 Å². The second-order valence-corrected chi connectivity index (χ2v) is 5.07. The van der Waals surface area contributed by atoms with Crippen molar-refractivity contribution in [1.29, 1.82) is 0 Å². The van der Waals surface area contributed by atoms with Crippen molar-refractivity contribution in [2.75, 3.05) is 0 Å². The minimum atomic E-state index is 0.528. The van der Waals surface area contributed by atoms with E-state index in [1.807, 2.05) is 0 Å². The molecule has 1 heteroatoms. The van der Waals surface area contributed by atoms with Gasteiger partial charge in [-0.3, -0.25) is 0 Å². The molecule has 1 nitrogen and oxygen atoms in total. The number of rotatable bonds is 1. The lowest BCUT2D eigenvalue weighted by Crippen LogP contribution is -2.30. The topological polar surface area (TPSA) is 26.0 Å². The molecule has 0 bridgehead atoms. The molecular weight excluding hydrogens is 158 g/mol. The second-order valence-electron chi connectivity index (χ2n) is 5.07. The van der Waals surface area contributed by atoms with Gasteiger partial charge in [0.15, 0.2) is 0 Å². The summed E-state index contributed by atoms with van der Waals surface area (Å²) in [7, 11) is 0. The van der Waals surface area contributed by atoms with E-state index in [1.165, 1.54) is 57.8 Å². The first kappa shape index (κ1) is 9.51. The van der Waals surface area contributed by atoms with Gasteiger partial charge in [0.25, 0.3) is 0 Å². The Morgan fingerprint density at radius 1 is 0.615 bits per heavy atom. The van der Waals surface area contributed by atoms with Crippen molar-refractivity contribution in [1.82, 2.24) is 0 Å². The summed E-state index contributed by atoms with van der Waals surface area (Å²) < 4.78 is 0. The molecule has 2 N–H and O–H groups in total. The minimum absolute atomic E-state index is 0.528. The zero-order valence-electron chi connectivity index (χ0n) is 8.67. The van der Waals surface area contributed by atoms with Gasteiger partial charge in [-0.25, -0.2) is 0 Å². The largest absolute Gasteiger partial charge is 0.328 e. The summed E-state index contributed by atoms with van der Waals surface area (Å²) in [6.07, 6.45) is 12.9. The molecule has 2 aliphatic rings. The van der Waals surface area contributed by atoms with Crippen LogP contribution in [0.25, 0.3) is 0 Å². The Labute approximate surface area is 82.1 Å². The van der Waals surface area contributed by atoms with Crippen LogP contribution in [-0.4, -0.2) is 6.04 Å². The van der Waals surface area contributed by atoms with Gasteiger partial charge in [-0.05, 0) is 37.5 Å². The molecule has 2 aliphatic carbocycles. The van der Waals surface area contributed by atoms with E-state index in [0.29, 0.717) is 6.04 Å². The van der Waals surface area contributed by atoms with Crippen molar-refractivity contribution in [2.45, 2.75) is 63.8 Å². The summed E-state index contributed by atoms with van der Waals surface area (Å²) in [5, 5.41) is 0. The number of nitrogens with two attached hydrogens (primary N) is 1. The molecule has 13 heavy (non-hydrogen) atoms. The van der Waals surface area contributed by atoms with Gasteiger partial charge in [-0.15, -0.1) is 0 Å². The second kappa shape index (κ2) is 4.45. The Kier molecular flexibility index (Phi) is 3.26. The minimum Gasteiger partial charge on any atom is -0.328 e. The molecule has 0 aromatic carbocycles. The molecule has 0 aromatic heterocycles. The maximum absolute atomic E-state index is 5.93. The summed E-state index contributed by atoms with van der Waals surface area (Å²) >= 11 is 0. The summed E-state index contributed by atoms with van der Waals surface area (Å²) in [4.78, 5) is 0. The molecule has 2 saturated carbocycles. The Hall–Kier alpha value is -0.0400. The predicted molar refractivity (Wildman–Crippen MR) is 56.5 cm³/mol. The molecule has 2 rings (SSSR count). The third kappa shape index (κ3) is 2.46. The highest BCUT2D eigenvalue weighted by atomic mass is 14.6. The van der Waals surface area contributed by atoms with Gasteiger partial charge in [-0.2, -0.15) is 0 Å². The highest BCUT2D eigenvalue weighted by Gasteiger charge is 2.26. The smallest absolute Gasteiger partial charge is 0.00390 e. The fourth-order valence-electron chi connectivity index (χ4n) is 3.22. The zero-order valence-corrected chi connectivity index (χ0v) is 8.67. The highest BCUT2D eigenvalue weighted by molar-refractivity contribution is 4.80. The quantitative estimate of drug-likeness (QED) is 0.661. The van der Waals surface area contributed by atoms with Crippen molar-refractivity contribution >= 4 is 0 Å². The molecule has 0 radical (unpaired) electrons. The van der Waals surface area contributed by atoms with Crippen molar-refractivity contribution < 1.29 is 0 Å². The Balaban J connectivity index is 1.79. The molecule has 2 fully saturated rings. The molecule has 0 atom stereocenters. The van der Waals surface area contributed by atoms with Crippen LogP contribution >= 0.6 is 0 Å². The average Bonchev–Trinajstić information content (AvgIpc) is 2.20. The summed E-state index contributed by atoms with van der Waals surface area (Å²) in [6.45, 7) is 0. The number of hydrogen-bond acceptors (Lipinski definition) is 1. The summed E-state index contributed by atoms with van der Waals surface area (Å²) in [6, 6.07) is 0.528. The molecule has 0 heterocycles. The molecular formula is C12H23N. The fraction of sp³-hybridized carbons (Fsp3) is 1.00. The number of hydrogen-bond donors (Lipinski definition) is 1. The van der Waals surface area contributed by atoms with Gasteiger partial charge in [-0.1, -0.05) is 32.1 Å². The van der Waals surface area contributed by atoms with Crippen molar-refractivity contribution in [3.63, 3.8) is 0 Å². The first-order chi connectivity index (χ1) is 6.36. The molecule has 0 aliphatic heterocycles. The lowest BCUT2D eigenvalue weighted by molar-refractivity contribution is 0.186. The van der Waals surface area contributed by atoms with Crippen LogP contribution in [0.15, 0.2) is 0 Å². The van der Waals surface area contributed by atoms with Gasteiger partial charge in [0.1, 0.15) is 0 Å². The van der Waals surface area contributed by atoms with Gasteiger partial charge in [0.05, 0.1) is 0 Å². The van der Waals surface area contributed by atoms with Crippen LogP contribution in [0.4, 0.5) is 0 Å². The van der Waals surface area contributed by atoms with Crippen LogP contribution in [0, 0.1) is 11.8 Å². The van der Waals surface area contributed by atoms with Crippen molar-refractivity contribution in [3.05, 3.63) is 0 Å². The maximum atomic E-state index is 5.93.